The third-order valence-electron chi connectivity index (χ3n) is 3.83. The molecule has 6 heteroatoms. The van der Waals surface area contributed by atoms with Crippen molar-refractivity contribution < 1.29 is 23.8 Å². The molecule has 0 aromatic heterocycles. The molecule has 0 unspecified atom stereocenters. The predicted molar refractivity (Wildman–Crippen MR) is 73.8 cm³/mol. The lowest BCUT2D eigenvalue weighted by molar-refractivity contribution is -0.142. The van der Waals surface area contributed by atoms with Crippen molar-refractivity contribution in [3.63, 3.8) is 0 Å². The Hall–Kier alpha value is -2.11. The van der Waals surface area contributed by atoms with Gasteiger partial charge >= 0.3 is 5.97 Å². The number of carbonyl (C=O) groups excluding carboxylic acids is 1. The minimum Gasteiger partial charge on any atom is -0.497 e. The number of carboxylic acids is 1. The second kappa shape index (κ2) is 6.56. The normalized spacial score (nSPS) is 21.6. The average molecular weight is 295 g/mol. The molecule has 2 rings (SSSR count). The van der Waals surface area contributed by atoms with Gasteiger partial charge in [-0.05, 0) is 37.8 Å². The highest BCUT2D eigenvalue weighted by molar-refractivity contribution is 5.94. The van der Waals surface area contributed by atoms with Crippen molar-refractivity contribution in [3.05, 3.63) is 29.6 Å². The number of carboxylic acid groups (broad SMARTS) is 1. The van der Waals surface area contributed by atoms with Gasteiger partial charge in [-0.3, -0.25) is 9.59 Å². The number of rotatable bonds is 4. The molecule has 2 N–H and O–H groups in total. The largest absolute Gasteiger partial charge is 0.497 e. The number of aliphatic carboxylic acids is 1. The van der Waals surface area contributed by atoms with Crippen LogP contribution in [0.5, 0.6) is 5.75 Å². The van der Waals surface area contributed by atoms with Gasteiger partial charge in [-0.2, -0.15) is 0 Å². The number of amides is 1. The number of carbonyl (C=O) groups is 2. The first-order valence-electron chi connectivity index (χ1n) is 6.88. The van der Waals surface area contributed by atoms with Crippen LogP contribution in [-0.2, 0) is 4.79 Å². The highest BCUT2D eigenvalue weighted by Crippen LogP contribution is 2.25. The molecular formula is C15H18FNO4. The molecule has 0 spiro atoms. The Morgan fingerprint density at radius 3 is 2.48 bits per heavy atom. The summed E-state index contributed by atoms with van der Waals surface area (Å²) in [6.07, 6.45) is 2.26. The molecule has 1 aromatic rings. The molecule has 0 heterocycles. The quantitative estimate of drug-likeness (QED) is 0.893. The van der Waals surface area contributed by atoms with Gasteiger partial charge in [-0.25, -0.2) is 4.39 Å². The molecule has 1 saturated carbocycles. The van der Waals surface area contributed by atoms with Gasteiger partial charge in [0.05, 0.1) is 18.6 Å². The summed E-state index contributed by atoms with van der Waals surface area (Å²) in [6, 6.07) is 3.97. The Morgan fingerprint density at radius 2 is 1.95 bits per heavy atom. The molecule has 1 amide bonds. The van der Waals surface area contributed by atoms with E-state index in [1.807, 2.05) is 0 Å². The second-order valence-electron chi connectivity index (χ2n) is 5.21. The van der Waals surface area contributed by atoms with Crippen LogP contribution in [0.15, 0.2) is 18.2 Å². The van der Waals surface area contributed by atoms with Gasteiger partial charge in [-0.15, -0.1) is 0 Å². The fraction of sp³-hybridized carbons (Fsp3) is 0.467. The summed E-state index contributed by atoms with van der Waals surface area (Å²) in [4.78, 5) is 22.9. The van der Waals surface area contributed by atoms with E-state index in [-0.39, 0.29) is 17.5 Å². The first-order valence-corrected chi connectivity index (χ1v) is 6.88. The summed E-state index contributed by atoms with van der Waals surface area (Å²) in [5, 5.41) is 11.7. The van der Waals surface area contributed by atoms with Gasteiger partial charge in [0.25, 0.3) is 5.91 Å². The van der Waals surface area contributed by atoms with E-state index < -0.39 is 17.7 Å². The highest BCUT2D eigenvalue weighted by Gasteiger charge is 2.27. The highest BCUT2D eigenvalue weighted by atomic mass is 19.1. The van der Waals surface area contributed by atoms with E-state index in [0.717, 1.165) is 6.07 Å². The SMILES string of the molecule is COc1ccc(C(=O)NC2CCC(C(=O)O)CC2)c(F)c1. The van der Waals surface area contributed by atoms with E-state index >= 15 is 0 Å². The number of halogens is 1. The van der Waals surface area contributed by atoms with Crippen molar-refractivity contribution in [3.8, 4) is 5.75 Å². The van der Waals surface area contributed by atoms with Crippen LogP contribution < -0.4 is 10.1 Å². The van der Waals surface area contributed by atoms with Crippen molar-refractivity contribution in [1.82, 2.24) is 5.32 Å². The minimum atomic E-state index is -0.791. The second-order valence-corrected chi connectivity index (χ2v) is 5.21. The smallest absolute Gasteiger partial charge is 0.306 e. The first-order chi connectivity index (χ1) is 10.0. The molecule has 0 bridgehead atoms. The van der Waals surface area contributed by atoms with Gasteiger partial charge in [0, 0.05) is 12.1 Å². The van der Waals surface area contributed by atoms with Gasteiger partial charge in [0.1, 0.15) is 11.6 Å². The Labute approximate surface area is 122 Å². The zero-order chi connectivity index (χ0) is 15.4. The van der Waals surface area contributed by atoms with Crippen LogP contribution in [-0.4, -0.2) is 30.1 Å². The lowest BCUT2D eigenvalue weighted by Gasteiger charge is -2.26. The van der Waals surface area contributed by atoms with E-state index in [1.54, 1.807) is 0 Å². The molecule has 0 saturated heterocycles. The Bertz CT molecular complexity index is 538. The summed E-state index contributed by atoms with van der Waals surface area (Å²) < 4.78 is 18.7. The van der Waals surface area contributed by atoms with E-state index in [1.165, 1.54) is 19.2 Å². The summed E-state index contributed by atoms with van der Waals surface area (Å²) in [5.41, 5.74) is -0.0313. The molecule has 114 valence electrons. The third kappa shape index (κ3) is 3.71. The van der Waals surface area contributed by atoms with Crippen molar-refractivity contribution in [2.45, 2.75) is 31.7 Å². The number of nitrogens with one attached hydrogen (secondary N) is 1. The van der Waals surface area contributed by atoms with E-state index in [0.29, 0.717) is 31.4 Å². The van der Waals surface area contributed by atoms with E-state index in [4.69, 9.17) is 9.84 Å². The maximum absolute atomic E-state index is 13.8. The zero-order valence-corrected chi connectivity index (χ0v) is 11.8. The molecule has 1 aliphatic carbocycles. The standard InChI is InChI=1S/C15H18FNO4/c1-21-11-6-7-12(13(16)8-11)14(18)17-10-4-2-9(3-5-10)15(19)20/h6-10H,2-5H2,1H3,(H,17,18)(H,19,20). The van der Waals surface area contributed by atoms with Crippen LogP contribution in [0.25, 0.3) is 0 Å². The van der Waals surface area contributed by atoms with E-state index in [2.05, 4.69) is 5.32 Å². The Kier molecular flexibility index (Phi) is 4.77. The van der Waals surface area contributed by atoms with Gasteiger partial charge in [0.2, 0.25) is 0 Å². The Balaban J connectivity index is 1.95. The number of hydrogen-bond acceptors (Lipinski definition) is 3. The third-order valence-corrected chi connectivity index (χ3v) is 3.83. The first kappa shape index (κ1) is 15.3. The van der Waals surface area contributed by atoms with Crippen LogP contribution in [0.3, 0.4) is 0 Å². The average Bonchev–Trinajstić information content (AvgIpc) is 2.47. The molecule has 0 atom stereocenters. The van der Waals surface area contributed by atoms with Crippen molar-refractivity contribution in [1.29, 1.82) is 0 Å². The van der Waals surface area contributed by atoms with Crippen LogP contribution in [0.1, 0.15) is 36.0 Å². The van der Waals surface area contributed by atoms with Crippen molar-refractivity contribution in [2.75, 3.05) is 7.11 Å². The number of methoxy groups -OCH3 is 1. The molecule has 0 aliphatic heterocycles. The lowest BCUT2D eigenvalue weighted by atomic mass is 9.86. The van der Waals surface area contributed by atoms with Gasteiger partial charge in [-0.1, -0.05) is 0 Å². The predicted octanol–water partition coefficient (Wildman–Crippen LogP) is 2.21. The molecule has 1 aromatic carbocycles. The molecule has 0 radical (unpaired) electrons. The summed E-state index contributed by atoms with van der Waals surface area (Å²) in [5.74, 6) is -1.89. The minimum absolute atomic E-state index is 0.0313. The molecule has 21 heavy (non-hydrogen) atoms. The maximum atomic E-state index is 13.8. The molecule has 5 nitrogen and oxygen atoms in total. The van der Waals surface area contributed by atoms with Crippen LogP contribution in [0.2, 0.25) is 0 Å². The number of ether oxygens (including phenoxy) is 1. The number of hydrogen-bond donors (Lipinski definition) is 2. The van der Waals surface area contributed by atoms with Crippen LogP contribution in [0.4, 0.5) is 4.39 Å². The van der Waals surface area contributed by atoms with Gasteiger partial charge in [0.15, 0.2) is 0 Å². The molecular weight excluding hydrogens is 277 g/mol. The van der Waals surface area contributed by atoms with Gasteiger partial charge < -0.3 is 15.2 Å². The Morgan fingerprint density at radius 1 is 1.29 bits per heavy atom. The van der Waals surface area contributed by atoms with Crippen LogP contribution >= 0.6 is 0 Å². The zero-order valence-electron chi connectivity index (χ0n) is 11.8. The monoisotopic (exact) mass is 295 g/mol. The lowest BCUT2D eigenvalue weighted by Crippen LogP contribution is -2.39. The fourth-order valence-electron chi connectivity index (χ4n) is 2.55. The number of benzene rings is 1. The maximum Gasteiger partial charge on any atom is 0.306 e. The van der Waals surface area contributed by atoms with E-state index in [9.17, 15) is 14.0 Å². The fourth-order valence-corrected chi connectivity index (χ4v) is 2.55. The topological polar surface area (TPSA) is 75.6 Å². The summed E-state index contributed by atoms with van der Waals surface area (Å²) >= 11 is 0. The summed E-state index contributed by atoms with van der Waals surface area (Å²) in [7, 11) is 1.43. The molecule has 1 aliphatic rings. The summed E-state index contributed by atoms with van der Waals surface area (Å²) in [6.45, 7) is 0. The van der Waals surface area contributed by atoms with Crippen LogP contribution in [0, 0.1) is 11.7 Å². The van der Waals surface area contributed by atoms with Crippen molar-refractivity contribution >= 4 is 11.9 Å². The molecule has 1 fully saturated rings. The van der Waals surface area contributed by atoms with Crippen molar-refractivity contribution in [2.24, 2.45) is 5.92 Å².